The second kappa shape index (κ2) is 6.15. The molecule has 0 saturated carbocycles. The molecule has 6 heteroatoms. The number of carboxylic acids is 1. The van der Waals surface area contributed by atoms with Gasteiger partial charge in [-0.3, -0.25) is 14.5 Å². The van der Waals surface area contributed by atoms with Crippen LogP contribution in [0.3, 0.4) is 0 Å². The Balaban J connectivity index is 2.82. The first-order chi connectivity index (χ1) is 8.36. The second-order valence-electron chi connectivity index (χ2n) is 5.06. The molecule has 1 aliphatic heterocycles. The SMILES string of the molecule is CC(C(=O)O)C(C)N1CCNCC1C(=O)N(C)C. The Morgan fingerprint density at radius 2 is 2.00 bits per heavy atom. The lowest BCUT2D eigenvalue weighted by atomic mass is 9.99. The highest BCUT2D eigenvalue weighted by Crippen LogP contribution is 2.17. The molecule has 1 aliphatic rings. The van der Waals surface area contributed by atoms with Gasteiger partial charge in [0.15, 0.2) is 0 Å². The minimum Gasteiger partial charge on any atom is -0.481 e. The average Bonchev–Trinajstić information content (AvgIpc) is 2.35. The first kappa shape index (κ1) is 14.9. The van der Waals surface area contributed by atoms with Gasteiger partial charge < -0.3 is 15.3 Å². The largest absolute Gasteiger partial charge is 0.481 e. The molecular weight excluding hydrogens is 234 g/mol. The van der Waals surface area contributed by atoms with Crippen LogP contribution in [0.4, 0.5) is 0 Å². The highest BCUT2D eigenvalue weighted by Gasteiger charge is 2.36. The van der Waals surface area contributed by atoms with Crippen LogP contribution in [0.5, 0.6) is 0 Å². The molecule has 0 aromatic heterocycles. The van der Waals surface area contributed by atoms with E-state index in [2.05, 4.69) is 5.32 Å². The molecule has 0 radical (unpaired) electrons. The summed E-state index contributed by atoms with van der Waals surface area (Å²) in [7, 11) is 3.45. The highest BCUT2D eigenvalue weighted by atomic mass is 16.4. The molecule has 2 N–H and O–H groups in total. The van der Waals surface area contributed by atoms with Crippen LogP contribution in [0.15, 0.2) is 0 Å². The van der Waals surface area contributed by atoms with Gasteiger partial charge in [-0.05, 0) is 6.92 Å². The molecular formula is C12H23N3O3. The minimum atomic E-state index is -0.822. The maximum atomic E-state index is 12.1. The summed E-state index contributed by atoms with van der Waals surface area (Å²) in [4.78, 5) is 26.7. The summed E-state index contributed by atoms with van der Waals surface area (Å²) < 4.78 is 0. The lowest BCUT2D eigenvalue weighted by molar-refractivity contribution is -0.146. The molecule has 1 amide bonds. The van der Waals surface area contributed by atoms with Gasteiger partial charge in [0.2, 0.25) is 5.91 Å². The van der Waals surface area contributed by atoms with Crippen molar-refractivity contribution >= 4 is 11.9 Å². The van der Waals surface area contributed by atoms with E-state index in [1.807, 2.05) is 11.8 Å². The molecule has 18 heavy (non-hydrogen) atoms. The molecule has 0 aromatic carbocycles. The Labute approximate surface area is 108 Å². The Morgan fingerprint density at radius 3 is 2.50 bits per heavy atom. The monoisotopic (exact) mass is 257 g/mol. The maximum Gasteiger partial charge on any atom is 0.307 e. The van der Waals surface area contributed by atoms with Crippen LogP contribution in [0.1, 0.15) is 13.8 Å². The lowest BCUT2D eigenvalue weighted by Gasteiger charge is -2.41. The number of nitrogens with one attached hydrogen (secondary N) is 1. The van der Waals surface area contributed by atoms with E-state index in [4.69, 9.17) is 5.11 Å². The summed E-state index contributed by atoms with van der Waals surface area (Å²) in [6.07, 6.45) is 0. The fourth-order valence-electron chi connectivity index (χ4n) is 2.23. The minimum absolute atomic E-state index is 0.0200. The quantitative estimate of drug-likeness (QED) is 0.707. The molecule has 0 aromatic rings. The van der Waals surface area contributed by atoms with Gasteiger partial charge in [0.25, 0.3) is 0 Å². The van der Waals surface area contributed by atoms with Crippen molar-refractivity contribution in [3.8, 4) is 0 Å². The summed E-state index contributed by atoms with van der Waals surface area (Å²) in [5.74, 6) is -1.29. The van der Waals surface area contributed by atoms with Gasteiger partial charge in [-0.15, -0.1) is 0 Å². The number of nitrogens with zero attached hydrogens (tertiary/aromatic N) is 2. The number of amides is 1. The van der Waals surface area contributed by atoms with Gasteiger partial charge in [-0.2, -0.15) is 0 Å². The first-order valence-electron chi connectivity index (χ1n) is 6.26. The Kier molecular flexibility index (Phi) is 5.10. The molecule has 1 fully saturated rings. The third-order valence-corrected chi connectivity index (χ3v) is 3.65. The van der Waals surface area contributed by atoms with E-state index < -0.39 is 11.9 Å². The zero-order chi connectivity index (χ0) is 13.9. The molecule has 0 spiro atoms. The predicted molar refractivity (Wildman–Crippen MR) is 68.3 cm³/mol. The second-order valence-corrected chi connectivity index (χ2v) is 5.06. The van der Waals surface area contributed by atoms with E-state index in [1.54, 1.807) is 25.9 Å². The number of aliphatic carboxylic acids is 1. The van der Waals surface area contributed by atoms with E-state index in [-0.39, 0.29) is 18.0 Å². The Hall–Kier alpha value is -1.14. The van der Waals surface area contributed by atoms with Crippen LogP contribution in [0.25, 0.3) is 0 Å². The van der Waals surface area contributed by atoms with Crippen molar-refractivity contribution in [1.29, 1.82) is 0 Å². The van der Waals surface area contributed by atoms with Gasteiger partial charge in [0, 0.05) is 39.8 Å². The summed E-state index contributed by atoms with van der Waals surface area (Å²) in [5, 5.41) is 12.3. The van der Waals surface area contributed by atoms with Gasteiger partial charge in [0.1, 0.15) is 6.04 Å². The molecule has 1 saturated heterocycles. The van der Waals surface area contributed by atoms with E-state index in [9.17, 15) is 9.59 Å². The summed E-state index contributed by atoms with van der Waals surface area (Å²) in [5.41, 5.74) is 0. The fraction of sp³-hybridized carbons (Fsp3) is 0.833. The van der Waals surface area contributed by atoms with Crippen LogP contribution in [0.2, 0.25) is 0 Å². The smallest absolute Gasteiger partial charge is 0.307 e. The third-order valence-electron chi connectivity index (χ3n) is 3.65. The summed E-state index contributed by atoms with van der Waals surface area (Å²) >= 11 is 0. The third kappa shape index (κ3) is 3.20. The van der Waals surface area contributed by atoms with Crippen molar-refractivity contribution in [1.82, 2.24) is 15.1 Å². The maximum absolute atomic E-state index is 12.1. The first-order valence-corrected chi connectivity index (χ1v) is 6.26. The van der Waals surface area contributed by atoms with Gasteiger partial charge in [0.05, 0.1) is 5.92 Å². The van der Waals surface area contributed by atoms with Crippen molar-refractivity contribution in [2.75, 3.05) is 33.7 Å². The number of rotatable bonds is 4. The number of carboxylic acid groups (broad SMARTS) is 1. The van der Waals surface area contributed by atoms with Crippen LogP contribution in [0, 0.1) is 5.92 Å². The fourth-order valence-corrected chi connectivity index (χ4v) is 2.23. The van der Waals surface area contributed by atoms with Crippen molar-refractivity contribution in [3.63, 3.8) is 0 Å². The molecule has 0 bridgehead atoms. The van der Waals surface area contributed by atoms with Crippen molar-refractivity contribution in [3.05, 3.63) is 0 Å². The van der Waals surface area contributed by atoms with Gasteiger partial charge in [-0.1, -0.05) is 6.92 Å². The molecule has 1 rings (SSSR count). The summed E-state index contributed by atoms with van der Waals surface area (Å²) in [6, 6.07) is -0.427. The van der Waals surface area contributed by atoms with E-state index >= 15 is 0 Å². The van der Waals surface area contributed by atoms with Crippen molar-refractivity contribution < 1.29 is 14.7 Å². The zero-order valence-corrected chi connectivity index (χ0v) is 11.5. The van der Waals surface area contributed by atoms with Crippen molar-refractivity contribution in [2.45, 2.75) is 25.9 Å². The number of carbonyl (C=O) groups is 2. The number of carbonyl (C=O) groups excluding carboxylic acids is 1. The van der Waals surface area contributed by atoms with Crippen molar-refractivity contribution in [2.24, 2.45) is 5.92 Å². The molecule has 1 heterocycles. The van der Waals surface area contributed by atoms with E-state index in [0.717, 1.165) is 6.54 Å². The number of likely N-dealkylation sites (N-methyl/N-ethyl adjacent to an activating group) is 1. The zero-order valence-electron chi connectivity index (χ0n) is 11.5. The molecule has 3 atom stereocenters. The van der Waals surface area contributed by atoms with Crippen LogP contribution in [-0.2, 0) is 9.59 Å². The molecule has 104 valence electrons. The molecule has 0 aliphatic carbocycles. The van der Waals surface area contributed by atoms with Gasteiger partial charge in [-0.25, -0.2) is 0 Å². The van der Waals surface area contributed by atoms with Crippen LogP contribution in [-0.4, -0.2) is 72.6 Å². The predicted octanol–water partition coefficient (Wildman–Crippen LogP) is -0.542. The van der Waals surface area contributed by atoms with Crippen LogP contribution < -0.4 is 5.32 Å². The highest BCUT2D eigenvalue weighted by molar-refractivity contribution is 5.82. The number of hydrogen-bond acceptors (Lipinski definition) is 4. The normalized spacial score (nSPS) is 24.3. The topological polar surface area (TPSA) is 72.9 Å². The molecule has 6 nitrogen and oxygen atoms in total. The van der Waals surface area contributed by atoms with E-state index in [0.29, 0.717) is 13.1 Å². The average molecular weight is 257 g/mol. The van der Waals surface area contributed by atoms with Crippen LogP contribution >= 0.6 is 0 Å². The Morgan fingerprint density at radius 1 is 1.39 bits per heavy atom. The number of hydrogen-bond donors (Lipinski definition) is 2. The molecule has 3 unspecified atom stereocenters. The Bertz CT molecular complexity index is 320. The van der Waals surface area contributed by atoms with Gasteiger partial charge >= 0.3 is 5.97 Å². The standard InChI is InChI=1S/C12H23N3O3/c1-8(12(17)18)9(2)15-6-5-13-7-10(15)11(16)14(3)4/h8-10,13H,5-7H2,1-4H3,(H,17,18). The summed E-state index contributed by atoms with van der Waals surface area (Å²) in [6.45, 7) is 5.62. The lowest BCUT2D eigenvalue weighted by Crippen LogP contribution is -2.61. The number of piperazine rings is 1. The van der Waals surface area contributed by atoms with E-state index in [1.165, 1.54) is 0 Å².